The molecule has 0 unspecified atom stereocenters. The van der Waals surface area contributed by atoms with Crippen LogP contribution in [0.15, 0.2) is 145 Å². The van der Waals surface area contributed by atoms with Crippen LogP contribution in [0.4, 0.5) is 32.0 Å². The van der Waals surface area contributed by atoms with Gasteiger partial charge in [0, 0.05) is 30.2 Å². The summed E-state index contributed by atoms with van der Waals surface area (Å²) < 4.78 is 90.1. The van der Waals surface area contributed by atoms with Gasteiger partial charge in [0.1, 0.15) is 28.9 Å². The number of pyridine rings is 2. The number of nitrogens with zero attached hydrogens (tertiary/aromatic N) is 4. The molecule has 0 atom stereocenters. The highest BCUT2D eigenvalue weighted by Crippen LogP contribution is 2.38. The second kappa shape index (κ2) is 18.4. The quantitative estimate of drug-likeness (QED) is 0.0869. The molecule has 1 amide bonds. The van der Waals surface area contributed by atoms with Gasteiger partial charge < -0.3 is 25.5 Å². The third-order valence-electron chi connectivity index (χ3n) is 7.83. The van der Waals surface area contributed by atoms with Crippen molar-refractivity contribution < 1.29 is 45.4 Å². The number of amides is 1. The summed E-state index contributed by atoms with van der Waals surface area (Å²) >= 11 is 0. The summed E-state index contributed by atoms with van der Waals surface area (Å²) in [4.78, 5) is 44.5. The predicted octanol–water partition coefficient (Wildman–Crippen LogP) is 8.72. The van der Waals surface area contributed by atoms with Crippen molar-refractivity contribution in [1.82, 2.24) is 19.5 Å². The van der Waals surface area contributed by atoms with Crippen molar-refractivity contribution in [3.63, 3.8) is 0 Å². The van der Waals surface area contributed by atoms with Gasteiger partial charge in [-0.25, -0.2) is 9.97 Å². The molecule has 3 heterocycles. The van der Waals surface area contributed by atoms with Crippen LogP contribution in [0.1, 0.15) is 37.4 Å². The van der Waals surface area contributed by atoms with Crippen LogP contribution in [-0.4, -0.2) is 31.7 Å². The number of ether oxygens (including phenoxy) is 2. The Morgan fingerprint density at radius 2 is 1.22 bits per heavy atom. The van der Waals surface area contributed by atoms with E-state index in [2.05, 4.69) is 15.0 Å². The fraction of sp³-hybridized carbons (Fsp3) is 0.0732. The monoisotopic (exact) mass is 800 g/mol. The Balaban J connectivity index is 0.000000192. The molecule has 0 saturated heterocycles. The fourth-order valence-corrected chi connectivity index (χ4v) is 5.10. The lowest BCUT2D eigenvalue weighted by molar-refractivity contribution is -0.139. The summed E-state index contributed by atoms with van der Waals surface area (Å²) in [6, 6.07) is 31.0. The molecule has 0 radical (unpaired) electrons. The fourth-order valence-electron chi connectivity index (χ4n) is 5.10. The number of benzene rings is 4. The lowest BCUT2D eigenvalue weighted by atomic mass is 10.1. The highest BCUT2D eigenvalue weighted by Gasteiger charge is 2.36. The average Bonchev–Trinajstić information content (AvgIpc) is 3.20. The molecule has 58 heavy (non-hydrogen) atoms. The van der Waals surface area contributed by atoms with E-state index in [9.17, 15) is 40.7 Å². The number of nitrogens with two attached hydrogens (primary N) is 2. The Morgan fingerprint density at radius 1 is 0.690 bits per heavy atom. The van der Waals surface area contributed by atoms with Gasteiger partial charge in [-0.3, -0.25) is 14.4 Å². The molecular formula is C41H30F6N6O5. The first-order chi connectivity index (χ1) is 27.6. The van der Waals surface area contributed by atoms with E-state index in [1.165, 1.54) is 42.9 Å². The third-order valence-corrected chi connectivity index (χ3v) is 7.83. The Hall–Kier alpha value is -7.56. The SMILES string of the molecule is NC(=O)c1cc(Oc2ncccc2C(F)(F)F)ccc1N.O=Cc1ccccc1.O=c1ncn(Cc2ccccc2)c2ccc(Oc3ncccc3C(F)(F)F)cc12. The number of rotatable bonds is 8. The summed E-state index contributed by atoms with van der Waals surface area (Å²) in [6.45, 7) is 0.489. The molecule has 7 rings (SSSR count). The minimum absolute atomic E-state index is 0.0257. The van der Waals surface area contributed by atoms with Crippen molar-refractivity contribution in [2.24, 2.45) is 5.73 Å². The van der Waals surface area contributed by atoms with E-state index in [0.29, 0.717) is 12.1 Å². The maximum absolute atomic E-state index is 13.1. The molecule has 4 N–H and O–H groups in total. The molecule has 0 fully saturated rings. The molecular weight excluding hydrogens is 770 g/mol. The van der Waals surface area contributed by atoms with Crippen LogP contribution in [0.2, 0.25) is 0 Å². The number of carbonyl (C=O) groups is 2. The largest absolute Gasteiger partial charge is 0.438 e. The van der Waals surface area contributed by atoms with Crippen LogP contribution in [0, 0.1) is 0 Å². The second-order valence-electron chi connectivity index (χ2n) is 11.9. The highest BCUT2D eigenvalue weighted by atomic mass is 19.4. The maximum Gasteiger partial charge on any atom is 0.421 e. The van der Waals surface area contributed by atoms with Gasteiger partial charge in [0.05, 0.1) is 22.8 Å². The number of anilines is 1. The van der Waals surface area contributed by atoms with E-state index in [-0.39, 0.29) is 28.1 Å². The van der Waals surface area contributed by atoms with Gasteiger partial charge in [0.15, 0.2) is 0 Å². The van der Waals surface area contributed by atoms with Crippen molar-refractivity contribution in [3.8, 4) is 23.3 Å². The van der Waals surface area contributed by atoms with Gasteiger partial charge in [-0.05, 0) is 66.2 Å². The standard InChI is InChI=1S/C21H14F3N3O2.C13H10F3N3O2.C7H6O/c22-21(23,24)17-7-4-10-25-20(17)29-15-8-9-18-16(11-15)19(28)26-13-27(18)12-14-5-2-1-3-6-14;14-13(15,16)9-2-1-5-19-12(9)21-7-3-4-10(17)8(6-7)11(18)20;8-6-7-4-2-1-3-5-7/h1-11,13H,12H2;1-6H,17H2,(H2,18,20);1-6H. The predicted molar refractivity (Wildman–Crippen MR) is 201 cm³/mol. The normalized spacial score (nSPS) is 11.0. The molecule has 0 saturated carbocycles. The maximum atomic E-state index is 13.1. The minimum Gasteiger partial charge on any atom is -0.438 e. The molecule has 11 nitrogen and oxygen atoms in total. The average molecular weight is 801 g/mol. The number of fused-ring (bicyclic) bond motifs is 1. The number of halogens is 6. The zero-order chi connectivity index (χ0) is 41.9. The highest BCUT2D eigenvalue weighted by molar-refractivity contribution is 5.98. The summed E-state index contributed by atoms with van der Waals surface area (Å²) in [5.74, 6) is -1.96. The van der Waals surface area contributed by atoms with Gasteiger partial charge in [0.2, 0.25) is 11.8 Å². The number of alkyl halides is 6. The van der Waals surface area contributed by atoms with E-state index in [1.807, 2.05) is 48.5 Å². The van der Waals surface area contributed by atoms with Crippen LogP contribution >= 0.6 is 0 Å². The zero-order valence-corrected chi connectivity index (χ0v) is 29.8. The van der Waals surface area contributed by atoms with Crippen molar-refractivity contribution in [1.29, 1.82) is 0 Å². The van der Waals surface area contributed by atoms with Crippen molar-refractivity contribution in [2.75, 3.05) is 5.73 Å². The molecule has 0 aliphatic carbocycles. The molecule has 7 aromatic rings. The molecule has 0 aliphatic heterocycles. The number of hydrogen-bond acceptors (Lipinski definition) is 9. The van der Waals surface area contributed by atoms with Gasteiger partial charge in [-0.2, -0.15) is 31.3 Å². The summed E-state index contributed by atoms with van der Waals surface area (Å²) in [6.07, 6.45) is -4.57. The van der Waals surface area contributed by atoms with E-state index >= 15 is 0 Å². The lowest BCUT2D eigenvalue weighted by Gasteiger charge is -2.14. The van der Waals surface area contributed by atoms with Crippen LogP contribution in [0.25, 0.3) is 10.9 Å². The smallest absolute Gasteiger partial charge is 0.421 e. The molecule has 0 spiro atoms. The third kappa shape index (κ3) is 11.0. The van der Waals surface area contributed by atoms with Gasteiger partial charge >= 0.3 is 12.4 Å². The Labute approximate surface area is 325 Å². The number of aromatic nitrogens is 4. The zero-order valence-electron chi connectivity index (χ0n) is 29.8. The van der Waals surface area contributed by atoms with E-state index in [0.717, 1.165) is 47.9 Å². The first-order valence-electron chi connectivity index (χ1n) is 16.8. The van der Waals surface area contributed by atoms with Gasteiger partial charge in [-0.15, -0.1) is 0 Å². The molecule has 296 valence electrons. The van der Waals surface area contributed by atoms with Gasteiger partial charge in [0.25, 0.3) is 11.5 Å². The van der Waals surface area contributed by atoms with E-state index < -0.39 is 46.7 Å². The van der Waals surface area contributed by atoms with Crippen LogP contribution < -0.4 is 26.5 Å². The Morgan fingerprint density at radius 3 is 1.74 bits per heavy atom. The van der Waals surface area contributed by atoms with E-state index in [4.69, 9.17) is 20.9 Å². The topological polar surface area (TPSA) is 165 Å². The molecule has 3 aromatic heterocycles. The lowest BCUT2D eigenvalue weighted by Crippen LogP contribution is -2.13. The number of carbonyl (C=O) groups excluding carboxylic acids is 2. The molecule has 4 aromatic carbocycles. The summed E-state index contributed by atoms with van der Waals surface area (Å²) in [5.41, 5.74) is 10.5. The van der Waals surface area contributed by atoms with E-state index in [1.54, 1.807) is 22.8 Å². The number of primary amides is 1. The van der Waals surface area contributed by atoms with Gasteiger partial charge in [-0.1, -0.05) is 60.7 Å². The van der Waals surface area contributed by atoms with Crippen LogP contribution in [0.5, 0.6) is 23.3 Å². The van der Waals surface area contributed by atoms with Crippen molar-refractivity contribution in [3.05, 3.63) is 178 Å². The van der Waals surface area contributed by atoms with Crippen LogP contribution in [-0.2, 0) is 18.9 Å². The van der Waals surface area contributed by atoms with Crippen molar-refractivity contribution in [2.45, 2.75) is 18.9 Å². The molecule has 17 heteroatoms. The summed E-state index contributed by atoms with van der Waals surface area (Å²) in [7, 11) is 0. The summed E-state index contributed by atoms with van der Waals surface area (Å²) in [5, 5.41) is 0.241. The number of nitrogen functional groups attached to an aromatic ring is 1. The Kier molecular flexibility index (Phi) is 13.2. The second-order valence-corrected chi connectivity index (χ2v) is 11.9. The minimum atomic E-state index is -4.61. The molecule has 0 aliphatic rings. The first-order valence-corrected chi connectivity index (χ1v) is 16.8. The first kappa shape index (κ1) is 41.6. The number of hydrogen-bond donors (Lipinski definition) is 2. The molecule has 0 bridgehead atoms. The van der Waals surface area contributed by atoms with Crippen molar-refractivity contribution >= 4 is 28.8 Å². The number of aldehydes is 1. The Bertz CT molecular complexity index is 2570. The van der Waals surface area contributed by atoms with Crippen LogP contribution in [0.3, 0.4) is 0 Å².